The van der Waals surface area contributed by atoms with Gasteiger partial charge >= 0.3 is 0 Å². The molecule has 2 aliphatic rings. The molecule has 1 aromatic rings. The monoisotopic (exact) mass is 318 g/mol. The maximum absolute atomic E-state index is 9.68. The van der Waals surface area contributed by atoms with Gasteiger partial charge in [-0.05, 0) is 31.1 Å². The van der Waals surface area contributed by atoms with Gasteiger partial charge in [0.2, 0.25) is 5.95 Å². The average molecular weight is 318 g/mol. The number of aliphatic hydroxyl groups is 1. The fourth-order valence-corrected chi connectivity index (χ4v) is 3.81. The first-order valence-electron chi connectivity index (χ1n) is 8.89. The summed E-state index contributed by atoms with van der Waals surface area (Å²) in [4.78, 5) is 11.8. The molecule has 5 nitrogen and oxygen atoms in total. The lowest BCUT2D eigenvalue weighted by Crippen LogP contribution is -2.39. The van der Waals surface area contributed by atoms with Crippen LogP contribution in [0, 0.1) is 5.41 Å². The van der Waals surface area contributed by atoms with Gasteiger partial charge in [-0.15, -0.1) is 0 Å². The maximum Gasteiger partial charge on any atom is 0.225 e. The van der Waals surface area contributed by atoms with Gasteiger partial charge in [-0.2, -0.15) is 0 Å². The van der Waals surface area contributed by atoms with Crippen LogP contribution in [0.1, 0.15) is 64.3 Å². The number of nitrogens with one attached hydrogen (secondary N) is 1. The molecule has 0 amide bonds. The third kappa shape index (κ3) is 3.83. The van der Waals surface area contributed by atoms with E-state index < -0.39 is 0 Å². The molecule has 0 saturated carbocycles. The summed E-state index contributed by atoms with van der Waals surface area (Å²) < 4.78 is 0. The quantitative estimate of drug-likeness (QED) is 0.896. The van der Waals surface area contributed by atoms with E-state index in [9.17, 15) is 5.11 Å². The van der Waals surface area contributed by atoms with E-state index in [1.54, 1.807) is 0 Å². The summed E-state index contributed by atoms with van der Waals surface area (Å²) in [5, 5.41) is 13.3. The van der Waals surface area contributed by atoms with Crippen LogP contribution in [-0.2, 0) is 6.42 Å². The molecular formula is C18H30N4O. The Morgan fingerprint density at radius 2 is 2.00 bits per heavy atom. The van der Waals surface area contributed by atoms with Crippen molar-refractivity contribution in [2.24, 2.45) is 5.41 Å². The van der Waals surface area contributed by atoms with Crippen molar-refractivity contribution in [3.8, 4) is 0 Å². The molecule has 0 aromatic carbocycles. The summed E-state index contributed by atoms with van der Waals surface area (Å²) in [6.45, 7) is 10.7. The summed E-state index contributed by atoms with van der Waals surface area (Å²) in [5.41, 5.74) is 2.71. The number of fused-ring (bicyclic) bond motifs is 1. The van der Waals surface area contributed by atoms with Crippen molar-refractivity contribution >= 4 is 5.95 Å². The average Bonchev–Trinajstić information content (AvgIpc) is 2.45. The van der Waals surface area contributed by atoms with Gasteiger partial charge in [0.1, 0.15) is 0 Å². The summed E-state index contributed by atoms with van der Waals surface area (Å²) in [5.74, 6) is 0.830. The molecule has 1 saturated heterocycles. The summed E-state index contributed by atoms with van der Waals surface area (Å²) in [6.07, 6.45) is 5.61. The highest BCUT2D eigenvalue weighted by atomic mass is 16.3. The zero-order valence-corrected chi connectivity index (χ0v) is 14.8. The number of nitrogens with zero attached hydrogens (tertiary/aromatic N) is 3. The molecule has 128 valence electrons. The summed E-state index contributed by atoms with van der Waals surface area (Å²) in [6, 6.07) is 0.788. The number of rotatable bonds is 3. The van der Waals surface area contributed by atoms with E-state index in [0.717, 1.165) is 44.7 Å². The first kappa shape index (κ1) is 16.7. The van der Waals surface area contributed by atoms with E-state index in [1.165, 1.54) is 11.3 Å². The number of piperidine rings is 1. The van der Waals surface area contributed by atoms with Gasteiger partial charge < -0.3 is 15.3 Å². The standard InChI is InChI=1S/C18H30N4O/c1-12(2)20-15-9-18(3,4)10-16-14(15)11-19-17(21-16)22-7-5-13(23)6-8-22/h11-13,15,20,23H,5-10H2,1-4H3. The number of aromatic nitrogens is 2. The third-order valence-corrected chi connectivity index (χ3v) is 4.95. The second-order valence-corrected chi connectivity index (χ2v) is 8.21. The topological polar surface area (TPSA) is 61.3 Å². The molecule has 1 unspecified atom stereocenters. The zero-order chi connectivity index (χ0) is 16.6. The molecule has 23 heavy (non-hydrogen) atoms. The number of hydrogen-bond donors (Lipinski definition) is 2. The van der Waals surface area contributed by atoms with Crippen LogP contribution in [0.25, 0.3) is 0 Å². The van der Waals surface area contributed by atoms with Gasteiger partial charge in [-0.1, -0.05) is 27.7 Å². The molecule has 1 fully saturated rings. The van der Waals surface area contributed by atoms with Crippen LogP contribution in [0.4, 0.5) is 5.95 Å². The zero-order valence-electron chi connectivity index (χ0n) is 14.8. The first-order valence-corrected chi connectivity index (χ1v) is 8.89. The van der Waals surface area contributed by atoms with Gasteiger partial charge in [0.25, 0.3) is 0 Å². The third-order valence-electron chi connectivity index (χ3n) is 4.95. The van der Waals surface area contributed by atoms with Crippen molar-refractivity contribution in [1.29, 1.82) is 0 Å². The normalized spacial score (nSPS) is 24.8. The van der Waals surface area contributed by atoms with Crippen molar-refractivity contribution < 1.29 is 5.11 Å². The van der Waals surface area contributed by atoms with Crippen LogP contribution >= 0.6 is 0 Å². The Balaban J connectivity index is 1.86. The second-order valence-electron chi connectivity index (χ2n) is 8.21. The van der Waals surface area contributed by atoms with Crippen LogP contribution in [0.15, 0.2) is 6.20 Å². The molecule has 1 aliphatic heterocycles. The van der Waals surface area contributed by atoms with E-state index in [0.29, 0.717) is 12.1 Å². The van der Waals surface area contributed by atoms with Crippen molar-refractivity contribution in [1.82, 2.24) is 15.3 Å². The van der Waals surface area contributed by atoms with Crippen LogP contribution < -0.4 is 10.2 Å². The Morgan fingerprint density at radius 1 is 1.30 bits per heavy atom. The molecule has 2 heterocycles. The van der Waals surface area contributed by atoms with E-state index in [1.807, 2.05) is 6.20 Å². The van der Waals surface area contributed by atoms with Crippen molar-refractivity contribution in [2.75, 3.05) is 18.0 Å². The minimum atomic E-state index is -0.164. The molecule has 1 aromatic heterocycles. The number of hydrogen-bond acceptors (Lipinski definition) is 5. The Hall–Kier alpha value is -1.20. The fourth-order valence-electron chi connectivity index (χ4n) is 3.81. The van der Waals surface area contributed by atoms with Gasteiger partial charge in [0, 0.05) is 36.9 Å². The number of anilines is 1. The Labute approximate surface area is 139 Å². The predicted molar refractivity (Wildman–Crippen MR) is 92.6 cm³/mol. The minimum Gasteiger partial charge on any atom is -0.393 e. The molecule has 0 bridgehead atoms. The molecule has 0 spiro atoms. The largest absolute Gasteiger partial charge is 0.393 e. The van der Waals surface area contributed by atoms with Gasteiger partial charge in [-0.25, -0.2) is 9.97 Å². The molecule has 2 N–H and O–H groups in total. The summed E-state index contributed by atoms with van der Waals surface area (Å²) >= 11 is 0. The van der Waals surface area contributed by atoms with Crippen molar-refractivity contribution in [3.63, 3.8) is 0 Å². The molecule has 1 atom stereocenters. The first-order chi connectivity index (χ1) is 10.8. The lowest BCUT2D eigenvalue weighted by molar-refractivity contribution is 0.145. The second kappa shape index (κ2) is 6.36. The lowest BCUT2D eigenvalue weighted by atomic mass is 9.74. The van der Waals surface area contributed by atoms with E-state index in [2.05, 4.69) is 42.9 Å². The molecule has 0 radical (unpaired) electrons. The Bertz CT molecular complexity index is 550. The van der Waals surface area contributed by atoms with E-state index in [4.69, 9.17) is 4.98 Å². The highest BCUT2D eigenvalue weighted by Gasteiger charge is 2.34. The van der Waals surface area contributed by atoms with Crippen molar-refractivity contribution in [3.05, 3.63) is 17.5 Å². The SMILES string of the molecule is CC(C)NC1CC(C)(C)Cc2nc(N3CCC(O)CC3)ncc21. The smallest absolute Gasteiger partial charge is 0.225 e. The van der Waals surface area contributed by atoms with Crippen LogP contribution in [0.3, 0.4) is 0 Å². The lowest BCUT2D eigenvalue weighted by Gasteiger charge is -2.38. The highest BCUT2D eigenvalue weighted by Crippen LogP contribution is 2.40. The molecular weight excluding hydrogens is 288 g/mol. The molecule has 3 rings (SSSR count). The van der Waals surface area contributed by atoms with Crippen LogP contribution in [-0.4, -0.2) is 40.3 Å². The molecule has 1 aliphatic carbocycles. The highest BCUT2D eigenvalue weighted by molar-refractivity contribution is 5.37. The maximum atomic E-state index is 9.68. The van der Waals surface area contributed by atoms with E-state index >= 15 is 0 Å². The number of aliphatic hydroxyl groups excluding tert-OH is 1. The predicted octanol–water partition coefficient (Wildman–Crippen LogP) is 2.45. The summed E-state index contributed by atoms with van der Waals surface area (Å²) in [7, 11) is 0. The Morgan fingerprint density at radius 3 is 2.65 bits per heavy atom. The van der Waals surface area contributed by atoms with Gasteiger partial charge in [0.05, 0.1) is 11.8 Å². The van der Waals surface area contributed by atoms with E-state index in [-0.39, 0.29) is 11.5 Å². The van der Waals surface area contributed by atoms with Crippen molar-refractivity contribution in [2.45, 2.75) is 71.6 Å². The fraction of sp³-hybridized carbons (Fsp3) is 0.778. The van der Waals surface area contributed by atoms with Crippen LogP contribution in [0.2, 0.25) is 0 Å². The Kier molecular flexibility index (Phi) is 4.61. The molecule has 5 heteroatoms. The van der Waals surface area contributed by atoms with Gasteiger partial charge in [0.15, 0.2) is 0 Å². The van der Waals surface area contributed by atoms with Crippen LogP contribution in [0.5, 0.6) is 0 Å². The van der Waals surface area contributed by atoms with Gasteiger partial charge in [-0.3, -0.25) is 0 Å². The minimum absolute atomic E-state index is 0.164.